The van der Waals surface area contributed by atoms with Crippen molar-refractivity contribution in [2.24, 2.45) is 0 Å². The Balaban J connectivity index is 0.000000825. The molecule has 0 aliphatic rings. The van der Waals surface area contributed by atoms with E-state index in [-0.39, 0.29) is 11.8 Å². The van der Waals surface area contributed by atoms with Crippen LogP contribution in [0.2, 0.25) is 13.6 Å². The molecule has 0 saturated heterocycles. The van der Waals surface area contributed by atoms with Gasteiger partial charge in [-0.05, 0) is 39.1 Å². The van der Waals surface area contributed by atoms with E-state index in [2.05, 4.69) is 75.3 Å². The Hall–Kier alpha value is -4.61. The van der Waals surface area contributed by atoms with Gasteiger partial charge < -0.3 is 30.7 Å². The lowest BCUT2D eigenvalue weighted by Gasteiger charge is -2.08. The number of rotatable bonds is 11. The number of carbonyl (C=O) groups excluding carboxylic acids is 2. The van der Waals surface area contributed by atoms with E-state index < -0.39 is 14.2 Å². The molecule has 4 aromatic rings. The van der Waals surface area contributed by atoms with Crippen LogP contribution in [-0.4, -0.2) is 59.2 Å². The average Bonchev–Trinajstić information content (AvgIpc) is 3.01. The lowest BCUT2D eigenvalue weighted by atomic mass is 9.99. The standard InChI is InChI=1S/C32H32N4O2.2CH5BO2/c1-25(2)31(37)33-16-10-17-34-32(38)30-19-29(23-36(24-30)21-27-13-7-4-8-14-27)28-15-9-18-35(22-28)20-26-11-5-3-6-12-26;2*1-2(3)4/h3-9,11-15,18-19,22-24H,1,10,16-17,20-21H2,2H3;2*3-4H,1H3/p+2. The zero-order valence-electron chi connectivity index (χ0n) is 26.7. The number of aromatic nitrogens is 2. The van der Waals surface area contributed by atoms with E-state index in [1.54, 1.807) is 6.92 Å². The number of nitrogens with zero attached hydrogens (tertiary/aromatic N) is 2. The lowest BCUT2D eigenvalue weighted by molar-refractivity contribution is -0.689. The van der Waals surface area contributed by atoms with Crippen LogP contribution in [-0.2, 0) is 17.9 Å². The molecule has 0 atom stereocenters. The van der Waals surface area contributed by atoms with Crippen molar-refractivity contribution < 1.29 is 38.8 Å². The Kier molecular flexibility index (Phi) is 16.7. The molecule has 0 unspecified atom stereocenters. The highest BCUT2D eigenvalue weighted by Gasteiger charge is 2.17. The summed E-state index contributed by atoms with van der Waals surface area (Å²) < 4.78 is 4.21. The molecule has 2 amide bonds. The van der Waals surface area contributed by atoms with Crippen LogP contribution >= 0.6 is 0 Å². The molecule has 0 aliphatic carbocycles. The number of hydrogen-bond acceptors (Lipinski definition) is 6. The van der Waals surface area contributed by atoms with Gasteiger partial charge in [-0.3, -0.25) is 9.59 Å². The summed E-state index contributed by atoms with van der Waals surface area (Å²) in [6, 6.07) is 26.6. The number of benzene rings is 2. The van der Waals surface area contributed by atoms with Gasteiger partial charge in [-0.15, -0.1) is 0 Å². The highest BCUT2D eigenvalue weighted by molar-refractivity contribution is 6.39. The molecule has 240 valence electrons. The normalized spacial score (nSPS) is 9.89. The summed E-state index contributed by atoms with van der Waals surface area (Å²) in [5.74, 6) is -0.314. The zero-order chi connectivity index (χ0) is 33.9. The van der Waals surface area contributed by atoms with Crippen LogP contribution in [0, 0.1) is 0 Å². The number of pyridine rings is 2. The number of nitrogens with one attached hydrogen (secondary N) is 2. The second-order valence-electron chi connectivity index (χ2n) is 10.6. The van der Waals surface area contributed by atoms with E-state index in [0.29, 0.717) is 37.2 Å². The first-order chi connectivity index (χ1) is 21.9. The van der Waals surface area contributed by atoms with Crippen molar-refractivity contribution in [1.82, 2.24) is 10.6 Å². The lowest BCUT2D eigenvalue weighted by Crippen LogP contribution is -2.37. The highest BCUT2D eigenvalue weighted by Crippen LogP contribution is 2.18. The van der Waals surface area contributed by atoms with Crippen LogP contribution < -0.4 is 19.8 Å². The van der Waals surface area contributed by atoms with E-state index in [1.807, 2.05) is 54.7 Å². The van der Waals surface area contributed by atoms with Crippen LogP contribution in [0.25, 0.3) is 11.1 Å². The third kappa shape index (κ3) is 15.4. The minimum absolute atomic E-state index is 0.145. The molecular formula is C34H44B2N4O6+2. The van der Waals surface area contributed by atoms with Crippen molar-refractivity contribution >= 4 is 26.1 Å². The second-order valence-corrected chi connectivity index (χ2v) is 10.6. The van der Waals surface area contributed by atoms with Gasteiger partial charge in [0.05, 0.1) is 11.1 Å². The maximum absolute atomic E-state index is 13.1. The molecule has 0 radical (unpaired) electrons. The van der Waals surface area contributed by atoms with Crippen LogP contribution in [0.1, 0.15) is 34.8 Å². The van der Waals surface area contributed by atoms with Crippen LogP contribution in [0.3, 0.4) is 0 Å². The number of amides is 2. The maximum atomic E-state index is 13.1. The molecular weight excluding hydrogens is 582 g/mol. The van der Waals surface area contributed by atoms with Gasteiger partial charge in [-0.2, -0.15) is 4.57 Å². The van der Waals surface area contributed by atoms with Gasteiger partial charge >= 0.3 is 14.2 Å². The quantitative estimate of drug-likeness (QED) is 0.0651. The van der Waals surface area contributed by atoms with Crippen molar-refractivity contribution in [2.75, 3.05) is 13.1 Å². The van der Waals surface area contributed by atoms with E-state index in [9.17, 15) is 9.59 Å². The van der Waals surface area contributed by atoms with E-state index in [0.717, 1.165) is 23.2 Å². The van der Waals surface area contributed by atoms with Crippen molar-refractivity contribution in [1.29, 1.82) is 0 Å². The maximum Gasteiger partial charge on any atom is 0.448 e. The van der Waals surface area contributed by atoms with Crippen molar-refractivity contribution in [3.05, 3.63) is 132 Å². The summed E-state index contributed by atoms with van der Waals surface area (Å²) in [6.07, 6.45) is 8.76. The molecule has 0 saturated carbocycles. The molecule has 2 aromatic heterocycles. The molecule has 0 bridgehead atoms. The molecule has 2 aromatic carbocycles. The van der Waals surface area contributed by atoms with Gasteiger partial charge in [-0.25, -0.2) is 4.57 Å². The Morgan fingerprint density at radius 3 is 1.76 bits per heavy atom. The number of carbonyl (C=O) groups is 2. The molecule has 46 heavy (non-hydrogen) atoms. The fourth-order valence-electron chi connectivity index (χ4n) is 4.13. The van der Waals surface area contributed by atoms with Gasteiger partial charge in [0.1, 0.15) is 5.56 Å². The average molecular weight is 626 g/mol. The predicted molar refractivity (Wildman–Crippen MR) is 180 cm³/mol. The molecule has 0 spiro atoms. The number of hydrogen-bond donors (Lipinski definition) is 6. The molecule has 4 rings (SSSR count). The third-order valence-corrected chi connectivity index (χ3v) is 6.10. The van der Waals surface area contributed by atoms with E-state index >= 15 is 0 Å². The van der Waals surface area contributed by atoms with Crippen molar-refractivity contribution in [3.63, 3.8) is 0 Å². The minimum atomic E-state index is -1.17. The predicted octanol–water partition coefficient (Wildman–Crippen LogP) is 2.02. The molecule has 6 N–H and O–H groups in total. The fourth-order valence-corrected chi connectivity index (χ4v) is 4.13. The van der Waals surface area contributed by atoms with Crippen LogP contribution in [0.4, 0.5) is 0 Å². The molecule has 2 heterocycles. The molecule has 12 heteroatoms. The van der Waals surface area contributed by atoms with Crippen LogP contribution in [0.15, 0.2) is 116 Å². The third-order valence-electron chi connectivity index (χ3n) is 6.10. The Morgan fingerprint density at radius 1 is 0.717 bits per heavy atom. The highest BCUT2D eigenvalue weighted by atomic mass is 16.4. The summed E-state index contributed by atoms with van der Waals surface area (Å²) >= 11 is 0. The van der Waals surface area contributed by atoms with Gasteiger partial charge in [0, 0.05) is 35.9 Å². The fraction of sp³-hybridized carbons (Fsp3) is 0.235. The summed E-state index contributed by atoms with van der Waals surface area (Å²) in [5, 5.41) is 36.2. The summed E-state index contributed by atoms with van der Waals surface area (Å²) in [7, 11) is -2.33. The monoisotopic (exact) mass is 626 g/mol. The summed E-state index contributed by atoms with van der Waals surface area (Å²) in [5.41, 5.74) is 5.43. The zero-order valence-corrected chi connectivity index (χ0v) is 26.7. The summed E-state index contributed by atoms with van der Waals surface area (Å²) in [6.45, 7) is 10.2. The smallest absolute Gasteiger partial charge is 0.427 e. The Morgan fingerprint density at radius 2 is 1.22 bits per heavy atom. The molecule has 10 nitrogen and oxygen atoms in total. The largest absolute Gasteiger partial charge is 0.448 e. The Labute approximate surface area is 272 Å². The van der Waals surface area contributed by atoms with Gasteiger partial charge in [0.15, 0.2) is 37.9 Å². The second kappa shape index (κ2) is 20.4. The van der Waals surface area contributed by atoms with Gasteiger partial charge in [0.2, 0.25) is 5.91 Å². The van der Waals surface area contributed by atoms with Crippen molar-refractivity contribution in [3.8, 4) is 11.1 Å². The van der Waals surface area contributed by atoms with E-state index in [1.165, 1.54) is 19.2 Å². The first-order valence-corrected chi connectivity index (χ1v) is 15.0. The minimum Gasteiger partial charge on any atom is -0.427 e. The summed E-state index contributed by atoms with van der Waals surface area (Å²) in [4.78, 5) is 24.8. The SMILES string of the molecule is C=C(C)C(=O)NCCCNC(=O)c1cc(-c2ccc[n+](Cc3ccccc3)c2)c[n+](Cc2ccccc2)c1.CB(O)O.CB(O)O. The first kappa shape index (κ1) is 37.6. The van der Waals surface area contributed by atoms with Crippen LogP contribution in [0.5, 0.6) is 0 Å². The molecule has 0 fully saturated rings. The van der Waals surface area contributed by atoms with Gasteiger partial charge in [0.25, 0.3) is 5.91 Å². The molecule has 0 aliphatic heterocycles. The first-order valence-electron chi connectivity index (χ1n) is 15.0. The Bertz CT molecular complexity index is 1510. The van der Waals surface area contributed by atoms with E-state index in [4.69, 9.17) is 20.1 Å². The van der Waals surface area contributed by atoms with Gasteiger partial charge in [-0.1, -0.05) is 67.2 Å². The topological polar surface area (TPSA) is 147 Å². The van der Waals surface area contributed by atoms with Crippen molar-refractivity contribution in [2.45, 2.75) is 40.1 Å².